The van der Waals surface area contributed by atoms with E-state index in [1.807, 2.05) is 48.5 Å². The van der Waals surface area contributed by atoms with Gasteiger partial charge in [-0.15, -0.1) is 0 Å². The maximum Gasteiger partial charge on any atom is 0.224 e. The van der Waals surface area contributed by atoms with Crippen LogP contribution in [0.25, 0.3) is 0 Å². The molecular formula is C19H24N2O2. The molecule has 0 bridgehead atoms. The summed E-state index contributed by atoms with van der Waals surface area (Å²) in [6.07, 6.45) is 3.15. The second kappa shape index (κ2) is 8.83. The second-order valence-electron chi connectivity index (χ2n) is 5.49. The molecule has 0 radical (unpaired) electrons. The molecular weight excluding hydrogens is 288 g/mol. The third-order valence-corrected chi connectivity index (χ3v) is 3.51. The molecule has 0 aliphatic heterocycles. The standard InChI is InChI=1S/C19H24N2O2/c1-2-3-13-23-18-10-5-4-9-17(18)21-19(22)12-11-15-7-6-8-16(20)14-15/h4-10,14H,2-3,11-13,20H2,1H3,(H,21,22). The lowest BCUT2D eigenvalue weighted by Crippen LogP contribution is -2.13. The van der Waals surface area contributed by atoms with E-state index in [-0.39, 0.29) is 5.91 Å². The first-order valence-corrected chi connectivity index (χ1v) is 8.05. The number of hydrogen-bond donors (Lipinski definition) is 2. The topological polar surface area (TPSA) is 64.3 Å². The Bertz CT molecular complexity index is 641. The largest absolute Gasteiger partial charge is 0.491 e. The Kier molecular flexibility index (Phi) is 6.48. The Morgan fingerprint density at radius 3 is 2.78 bits per heavy atom. The number of nitrogens with one attached hydrogen (secondary N) is 1. The monoisotopic (exact) mass is 312 g/mol. The number of ether oxygens (including phenoxy) is 1. The fourth-order valence-electron chi connectivity index (χ4n) is 2.24. The van der Waals surface area contributed by atoms with Crippen LogP contribution in [0.15, 0.2) is 48.5 Å². The highest BCUT2D eigenvalue weighted by atomic mass is 16.5. The minimum absolute atomic E-state index is 0.0287. The molecule has 0 aromatic heterocycles. The minimum atomic E-state index is -0.0287. The molecule has 2 rings (SSSR count). The van der Waals surface area contributed by atoms with Gasteiger partial charge < -0.3 is 15.8 Å². The van der Waals surface area contributed by atoms with Crippen LogP contribution in [0, 0.1) is 0 Å². The molecule has 0 aliphatic carbocycles. The Morgan fingerprint density at radius 2 is 2.00 bits per heavy atom. The van der Waals surface area contributed by atoms with Crippen LogP contribution < -0.4 is 15.8 Å². The summed E-state index contributed by atoms with van der Waals surface area (Å²) in [5.41, 5.74) is 8.26. The van der Waals surface area contributed by atoms with Crippen molar-refractivity contribution in [3.8, 4) is 5.75 Å². The highest BCUT2D eigenvalue weighted by Gasteiger charge is 2.08. The van der Waals surface area contributed by atoms with Gasteiger partial charge in [0.1, 0.15) is 5.75 Å². The van der Waals surface area contributed by atoms with E-state index >= 15 is 0 Å². The van der Waals surface area contributed by atoms with Crippen molar-refractivity contribution in [3.63, 3.8) is 0 Å². The lowest BCUT2D eigenvalue weighted by atomic mass is 10.1. The second-order valence-corrected chi connectivity index (χ2v) is 5.49. The predicted octanol–water partition coefficient (Wildman–Crippen LogP) is 4.02. The average molecular weight is 312 g/mol. The van der Waals surface area contributed by atoms with E-state index in [2.05, 4.69) is 12.2 Å². The van der Waals surface area contributed by atoms with E-state index in [0.717, 1.165) is 35.5 Å². The number of rotatable bonds is 8. The molecule has 0 saturated heterocycles. The summed E-state index contributed by atoms with van der Waals surface area (Å²) in [6.45, 7) is 2.78. The number of nitrogens with two attached hydrogens (primary N) is 1. The molecule has 4 heteroatoms. The van der Waals surface area contributed by atoms with Gasteiger partial charge >= 0.3 is 0 Å². The zero-order chi connectivity index (χ0) is 16.5. The molecule has 2 aromatic rings. The van der Waals surface area contributed by atoms with Crippen LogP contribution in [0.5, 0.6) is 5.75 Å². The van der Waals surface area contributed by atoms with Crippen LogP contribution >= 0.6 is 0 Å². The summed E-state index contributed by atoms with van der Waals surface area (Å²) in [4.78, 5) is 12.2. The summed E-state index contributed by atoms with van der Waals surface area (Å²) >= 11 is 0. The Hall–Kier alpha value is -2.49. The molecule has 0 heterocycles. The number of nitrogen functional groups attached to an aromatic ring is 1. The summed E-state index contributed by atoms with van der Waals surface area (Å²) in [5.74, 6) is 0.692. The summed E-state index contributed by atoms with van der Waals surface area (Å²) in [6, 6.07) is 15.2. The maximum absolute atomic E-state index is 12.2. The first kappa shape index (κ1) is 16.9. The molecule has 0 saturated carbocycles. The van der Waals surface area contributed by atoms with Gasteiger partial charge in [0.25, 0.3) is 0 Å². The van der Waals surface area contributed by atoms with E-state index in [1.54, 1.807) is 0 Å². The van der Waals surface area contributed by atoms with Crippen molar-refractivity contribution < 1.29 is 9.53 Å². The fraction of sp³-hybridized carbons (Fsp3) is 0.316. The van der Waals surface area contributed by atoms with Gasteiger partial charge in [-0.3, -0.25) is 4.79 Å². The van der Waals surface area contributed by atoms with Gasteiger partial charge in [-0.05, 0) is 42.7 Å². The third-order valence-electron chi connectivity index (χ3n) is 3.51. The lowest BCUT2D eigenvalue weighted by Gasteiger charge is -2.12. The molecule has 122 valence electrons. The normalized spacial score (nSPS) is 10.3. The third kappa shape index (κ3) is 5.66. The van der Waals surface area contributed by atoms with Crippen LogP contribution in [-0.4, -0.2) is 12.5 Å². The number of aryl methyl sites for hydroxylation is 1. The highest BCUT2D eigenvalue weighted by Crippen LogP contribution is 2.24. The Morgan fingerprint density at radius 1 is 1.17 bits per heavy atom. The molecule has 0 unspecified atom stereocenters. The molecule has 0 spiro atoms. The number of para-hydroxylation sites is 2. The first-order valence-electron chi connectivity index (χ1n) is 8.05. The summed E-state index contributed by atoms with van der Waals surface area (Å²) < 4.78 is 5.73. The van der Waals surface area contributed by atoms with Crippen LogP contribution in [0.2, 0.25) is 0 Å². The Balaban J connectivity index is 1.89. The number of hydrogen-bond acceptors (Lipinski definition) is 3. The molecule has 4 nitrogen and oxygen atoms in total. The molecule has 23 heavy (non-hydrogen) atoms. The van der Waals surface area contributed by atoms with Crippen molar-refractivity contribution >= 4 is 17.3 Å². The first-order chi connectivity index (χ1) is 11.2. The zero-order valence-corrected chi connectivity index (χ0v) is 13.5. The molecule has 0 fully saturated rings. The zero-order valence-electron chi connectivity index (χ0n) is 13.5. The SMILES string of the molecule is CCCCOc1ccccc1NC(=O)CCc1cccc(N)c1. The van der Waals surface area contributed by atoms with E-state index in [0.29, 0.717) is 19.4 Å². The fourth-order valence-corrected chi connectivity index (χ4v) is 2.24. The minimum Gasteiger partial charge on any atom is -0.491 e. The molecule has 3 N–H and O–H groups in total. The number of anilines is 2. The van der Waals surface area contributed by atoms with E-state index in [9.17, 15) is 4.79 Å². The van der Waals surface area contributed by atoms with Crippen molar-refractivity contribution in [1.82, 2.24) is 0 Å². The van der Waals surface area contributed by atoms with Crippen LogP contribution in [-0.2, 0) is 11.2 Å². The van der Waals surface area contributed by atoms with Crippen molar-refractivity contribution in [2.75, 3.05) is 17.7 Å². The van der Waals surface area contributed by atoms with E-state index in [1.165, 1.54) is 0 Å². The van der Waals surface area contributed by atoms with Crippen molar-refractivity contribution in [2.45, 2.75) is 32.6 Å². The van der Waals surface area contributed by atoms with Gasteiger partial charge in [0, 0.05) is 12.1 Å². The van der Waals surface area contributed by atoms with Crippen LogP contribution in [0.1, 0.15) is 31.7 Å². The quantitative estimate of drug-likeness (QED) is 0.571. The van der Waals surface area contributed by atoms with Crippen LogP contribution in [0.3, 0.4) is 0 Å². The van der Waals surface area contributed by atoms with Crippen molar-refractivity contribution in [2.24, 2.45) is 0 Å². The molecule has 2 aromatic carbocycles. The molecule has 1 amide bonds. The van der Waals surface area contributed by atoms with Gasteiger partial charge in [0.05, 0.1) is 12.3 Å². The maximum atomic E-state index is 12.2. The number of carbonyl (C=O) groups is 1. The highest BCUT2D eigenvalue weighted by molar-refractivity contribution is 5.92. The van der Waals surface area contributed by atoms with E-state index < -0.39 is 0 Å². The molecule has 0 aliphatic rings. The van der Waals surface area contributed by atoms with Crippen LogP contribution in [0.4, 0.5) is 11.4 Å². The van der Waals surface area contributed by atoms with Gasteiger partial charge in [-0.2, -0.15) is 0 Å². The smallest absolute Gasteiger partial charge is 0.224 e. The number of carbonyl (C=O) groups excluding carboxylic acids is 1. The predicted molar refractivity (Wildman–Crippen MR) is 94.7 cm³/mol. The van der Waals surface area contributed by atoms with Gasteiger partial charge in [-0.1, -0.05) is 37.6 Å². The van der Waals surface area contributed by atoms with Gasteiger partial charge in [0.15, 0.2) is 0 Å². The van der Waals surface area contributed by atoms with Crippen molar-refractivity contribution in [3.05, 3.63) is 54.1 Å². The summed E-state index contributed by atoms with van der Waals surface area (Å²) in [5, 5.41) is 2.93. The van der Waals surface area contributed by atoms with Gasteiger partial charge in [0.2, 0.25) is 5.91 Å². The Labute approximate surface area is 137 Å². The lowest BCUT2D eigenvalue weighted by molar-refractivity contribution is -0.116. The number of amides is 1. The number of benzene rings is 2. The van der Waals surface area contributed by atoms with Gasteiger partial charge in [-0.25, -0.2) is 0 Å². The number of unbranched alkanes of at least 4 members (excludes halogenated alkanes) is 1. The van der Waals surface area contributed by atoms with Crippen molar-refractivity contribution in [1.29, 1.82) is 0 Å². The summed E-state index contributed by atoms with van der Waals surface area (Å²) in [7, 11) is 0. The molecule has 0 atom stereocenters. The van der Waals surface area contributed by atoms with E-state index in [4.69, 9.17) is 10.5 Å². The average Bonchev–Trinajstić information content (AvgIpc) is 2.55.